The number of carbonyl (C=O) groups excluding carboxylic acids is 1. The third kappa shape index (κ3) is 15.6. The number of hydrogen-bond donors (Lipinski definition) is 0. The number of carbonyl (C=O) groups is 1. The normalized spacial score (nSPS) is 14.8. The maximum atomic E-state index is 9.60. The van der Waals surface area contributed by atoms with Gasteiger partial charge in [0.1, 0.15) is 11.7 Å². The highest BCUT2D eigenvalue weighted by Crippen LogP contribution is 2.16. The quantitative estimate of drug-likeness (QED) is 0.373. The first kappa shape index (κ1) is 31.1. The van der Waals surface area contributed by atoms with Crippen molar-refractivity contribution in [2.45, 2.75) is 60.0 Å². The summed E-state index contributed by atoms with van der Waals surface area (Å²) in [5.41, 5.74) is 2.66. The minimum absolute atomic E-state index is 0.318. The number of hydrogen-bond acceptors (Lipinski definition) is 4. The largest absolute Gasteiger partial charge is 0.462 e. The summed E-state index contributed by atoms with van der Waals surface area (Å²) in [6.07, 6.45) is 2.50. The Labute approximate surface area is 214 Å². The second kappa shape index (κ2) is 16.7. The van der Waals surface area contributed by atoms with Crippen molar-refractivity contribution in [1.29, 1.82) is 5.26 Å². The van der Waals surface area contributed by atoms with Crippen molar-refractivity contribution in [2.75, 3.05) is 20.1 Å². The average Bonchev–Trinajstić information content (AvgIpc) is 3.11. The van der Waals surface area contributed by atoms with E-state index in [2.05, 4.69) is 64.7 Å². The molecule has 1 aliphatic heterocycles. The fourth-order valence-corrected chi connectivity index (χ4v) is 3.64. The molecule has 2 aromatic rings. The van der Waals surface area contributed by atoms with Crippen molar-refractivity contribution in [3.63, 3.8) is 0 Å². The minimum Gasteiger partial charge on any atom is -0.462 e. The number of ether oxygens (including phenoxy) is 1. The molecule has 2 aromatic carbocycles. The highest BCUT2D eigenvalue weighted by atomic mass is 79.9. The summed E-state index contributed by atoms with van der Waals surface area (Å²) >= 11 is 9.16. The van der Waals surface area contributed by atoms with Gasteiger partial charge in [0.2, 0.25) is 0 Å². The summed E-state index contributed by atoms with van der Waals surface area (Å²) in [5.74, 6) is 0.949. The Kier molecular flexibility index (Phi) is 15.8. The van der Waals surface area contributed by atoms with E-state index in [1.807, 2.05) is 45.9 Å². The van der Waals surface area contributed by atoms with Crippen LogP contribution in [0.5, 0.6) is 0 Å². The van der Waals surface area contributed by atoms with Gasteiger partial charge >= 0.3 is 0 Å². The predicted molar refractivity (Wildman–Crippen MR) is 143 cm³/mol. The SMILES string of the molecule is CC(C)(C)OC=O.CC1CCN(C)C1.CCc1ccccc1Br.Cc1ccc(C#N)c(Cl)c1. The fourth-order valence-electron chi connectivity index (χ4n) is 2.80. The van der Waals surface area contributed by atoms with Crippen LogP contribution in [0.3, 0.4) is 0 Å². The summed E-state index contributed by atoms with van der Waals surface area (Å²) in [4.78, 5) is 12.0. The number of benzene rings is 2. The molecule has 182 valence electrons. The molecule has 0 aromatic heterocycles. The third-order valence-electron chi connectivity index (χ3n) is 4.61. The minimum atomic E-state index is -0.318. The molecule has 1 fully saturated rings. The van der Waals surface area contributed by atoms with Crippen LogP contribution in [0.1, 0.15) is 57.7 Å². The Bertz CT molecular complexity index is 867. The molecular formula is C27H38BrClN2O2. The van der Waals surface area contributed by atoms with E-state index in [9.17, 15) is 4.79 Å². The summed E-state index contributed by atoms with van der Waals surface area (Å²) in [5, 5.41) is 9.00. The Balaban J connectivity index is 0.000000419. The Hall–Kier alpha value is -1.87. The van der Waals surface area contributed by atoms with Crippen LogP contribution in [0.25, 0.3) is 0 Å². The Morgan fingerprint density at radius 1 is 1.27 bits per heavy atom. The zero-order valence-corrected chi connectivity index (χ0v) is 23.3. The van der Waals surface area contributed by atoms with Crippen LogP contribution in [0, 0.1) is 24.2 Å². The maximum Gasteiger partial charge on any atom is 0.293 e. The fraction of sp³-hybridized carbons (Fsp3) is 0.481. The van der Waals surface area contributed by atoms with Crippen LogP contribution in [0.4, 0.5) is 0 Å². The summed E-state index contributed by atoms with van der Waals surface area (Å²) in [6.45, 7) is 14.9. The van der Waals surface area contributed by atoms with Crippen LogP contribution < -0.4 is 0 Å². The Morgan fingerprint density at radius 3 is 2.21 bits per heavy atom. The lowest BCUT2D eigenvalue weighted by Crippen LogP contribution is -2.17. The van der Waals surface area contributed by atoms with E-state index in [1.54, 1.807) is 12.1 Å². The molecular weight excluding hydrogens is 500 g/mol. The molecule has 33 heavy (non-hydrogen) atoms. The lowest BCUT2D eigenvalue weighted by Gasteiger charge is -2.14. The van der Waals surface area contributed by atoms with Gasteiger partial charge in [-0.15, -0.1) is 0 Å². The monoisotopic (exact) mass is 536 g/mol. The van der Waals surface area contributed by atoms with E-state index in [0.717, 1.165) is 17.9 Å². The lowest BCUT2D eigenvalue weighted by atomic mass is 10.2. The smallest absolute Gasteiger partial charge is 0.293 e. The second-order valence-electron chi connectivity index (χ2n) is 9.02. The van der Waals surface area contributed by atoms with E-state index in [0.29, 0.717) is 17.1 Å². The second-order valence-corrected chi connectivity index (χ2v) is 10.3. The molecule has 3 rings (SSSR count). The van der Waals surface area contributed by atoms with E-state index >= 15 is 0 Å². The molecule has 0 saturated carbocycles. The average molecular weight is 538 g/mol. The molecule has 1 aliphatic rings. The van der Waals surface area contributed by atoms with Crippen LogP contribution in [0.2, 0.25) is 5.02 Å². The zero-order chi connectivity index (χ0) is 25.4. The predicted octanol–water partition coefficient (Wildman–Crippen LogP) is 7.45. The van der Waals surface area contributed by atoms with E-state index < -0.39 is 0 Å². The number of likely N-dealkylation sites (tertiary alicyclic amines) is 1. The lowest BCUT2D eigenvalue weighted by molar-refractivity contribution is -0.138. The van der Waals surface area contributed by atoms with Gasteiger partial charge in [-0.1, -0.05) is 65.6 Å². The maximum absolute atomic E-state index is 9.60. The molecule has 0 N–H and O–H groups in total. The molecule has 6 heteroatoms. The van der Waals surface area contributed by atoms with Gasteiger partial charge in [-0.25, -0.2) is 0 Å². The standard InChI is InChI=1S/C8H9Br.C8H6ClN.C6H13N.C5H10O2/c1-2-7-5-3-4-6-8(7)9;1-6-2-3-7(5-10)8(9)4-6;1-6-3-4-7(2)5-6;1-5(2,3)7-4-6/h3-6H,2H2,1H3;2-4H,1H3;6H,3-5H2,1-2H3;4H,1-3H3. The van der Waals surface area contributed by atoms with Crippen LogP contribution in [-0.2, 0) is 16.0 Å². The highest BCUT2D eigenvalue weighted by Gasteiger charge is 2.13. The van der Waals surface area contributed by atoms with Gasteiger partial charge in [-0.05, 0) is 89.4 Å². The number of aryl methyl sites for hydroxylation is 2. The first-order valence-corrected chi connectivity index (χ1v) is 12.3. The van der Waals surface area contributed by atoms with Gasteiger partial charge in [-0.3, -0.25) is 4.79 Å². The summed E-state index contributed by atoms with van der Waals surface area (Å²) in [6, 6.07) is 15.6. The first-order chi connectivity index (χ1) is 15.4. The summed E-state index contributed by atoms with van der Waals surface area (Å²) < 4.78 is 5.76. The molecule has 1 unspecified atom stereocenters. The van der Waals surface area contributed by atoms with Gasteiger partial charge in [-0.2, -0.15) is 5.26 Å². The molecule has 1 saturated heterocycles. The van der Waals surface area contributed by atoms with Crippen LogP contribution in [-0.4, -0.2) is 37.1 Å². The molecule has 0 bridgehead atoms. The van der Waals surface area contributed by atoms with Crippen LogP contribution >= 0.6 is 27.5 Å². The van der Waals surface area contributed by atoms with Gasteiger partial charge in [0.05, 0.1) is 10.6 Å². The molecule has 4 nitrogen and oxygen atoms in total. The first-order valence-electron chi connectivity index (χ1n) is 11.1. The number of nitrogens with zero attached hydrogens (tertiary/aromatic N) is 2. The van der Waals surface area contributed by atoms with Crippen molar-refractivity contribution in [2.24, 2.45) is 5.92 Å². The molecule has 1 heterocycles. The van der Waals surface area contributed by atoms with Gasteiger partial charge in [0, 0.05) is 11.0 Å². The molecule has 0 spiro atoms. The van der Waals surface area contributed by atoms with Gasteiger partial charge in [0.15, 0.2) is 0 Å². The molecule has 0 aliphatic carbocycles. The van der Waals surface area contributed by atoms with Crippen LogP contribution in [0.15, 0.2) is 46.9 Å². The molecule has 0 amide bonds. The van der Waals surface area contributed by atoms with E-state index in [1.165, 1.54) is 29.5 Å². The Morgan fingerprint density at radius 2 is 1.91 bits per heavy atom. The number of rotatable bonds is 2. The van der Waals surface area contributed by atoms with Crippen molar-refractivity contribution < 1.29 is 9.53 Å². The summed E-state index contributed by atoms with van der Waals surface area (Å²) in [7, 11) is 2.18. The molecule has 0 radical (unpaired) electrons. The van der Waals surface area contributed by atoms with Gasteiger partial charge in [0.25, 0.3) is 6.47 Å². The van der Waals surface area contributed by atoms with E-state index in [4.69, 9.17) is 16.9 Å². The number of halogens is 2. The van der Waals surface area contributed by atoms with Crippen molar-refractivity contribution in [3.8, 4) is 6.07 Å². The topological polar surface area (TPSA) is 53.3 Å². The van der Waals surface area contributed by atoms with Crippen molar-refractivity contribution in [1.82, 2.24) is 4.90 Å². The van der Waals surface area contributed by atoms with E-state index in [-0.39, 0.29) is 5.60 Å². The number of nitriles is 1. The zero-order valence-electron chi connectivity index (χ0n) is 21.0. The highest BCUT2D eigenvalue weighted by molar-refractivity contribution is 9.10. The van der Waals surface area contributed by atoms with Crippen molar-refractivity contribution >= 4 is 34.0 Å². The third-order valence-corrected chi connectivity index (χ3v) is 5.70. The molecule has 1 atom stereocenters. The van der Waals surface area contributed by atoms with Gasteiger partial charge < -0.3 is 9.64 Å². The van der Waals surface area contributed by atoms with Crippen molar-refractivity contribution in [3.05, 3.63) is 68.7 Å².